The highest BCUT2D eigenvalue weighted by molar-refractivity contribution is 5.94. The number of carbonyl (C=O) groups is 1. The first kappa shape index (κ1) is 12.3. The minimum atomic E-state index is 0.0600. The molecular formula is C14H13N5O. The monoisotopic (exact) mass is 267 g/mol. The van der Waals surface area contributed by atoms with E-state index in [9.17, 15) is 4.79 Å². The van der Waals surface area contributed by atoms with Gasteiger partial charge < -0.3 is 10.3 Å². The predicted molar refractivity (Wildman–Crippen MR) is 75.5 cm³/mol. The predicted octanol–water partition coefficient (Wildman–Crippen LogP) is 2.17. The van der Waals surface area contributed by atoms with Gasteiger partial charge >= 0.3 is 0 Å². The number of benzene rings is 1. The number of H-pyrrole nitrogens is 1. The lowest BCUT2D eigenvalue weighted by molar-refractivity contribution is 0.101. The Labute approximate surface area is 115 Å². The van der Waals surface area contributed by atoms with Crippen LogP contribution in [0.15, 0.2) is 36.9 Å². The van der Waals surface area contributed by atoms with Gasteiger partial charge in [0.25, 0.3) is 0 Å². The Balaban J connectivity index is 1.81. The summed E-state index contributed by atoms with van der Waals surface area (Å²) < 4.78 is 0. The SMILES string of the molecule is CC(=O)c1cccc(CNc2ncnc3nc[nH]c23)c1. The lowest BCUT2D eigenvalue weighted by Crippen LogP contribution is -2.03. The standard InChI is InChI=1S/C14H13N5O/c1-9(20)11-4-2-3-10(5-11)6-15-13-12-14(17-7-16-12)19-8-18-13/h2-5,7-8H,6H2,1H3,(H2,15,16,17,18,19). The van der Waals surface area contributed by atoms with Crippen molar-refractivity contribution in [3.8, 4) is 0 Å². The molecule has 0 amide bonds. The van der Waals surface area contributed by atoms with Crippen molar-refractivity contribution in [1.82, 2.24) is 19.9 Å². The summed E-state index contributed by atoms with van der Waals surface area (Å²) in [5.41, 5.74) is 3.12. The molecule has 1 aromatic carbocycles. The molecule has 6 heteroatoms. The third kappa shape index (κ3) is 2.35. The van der Waals surface area contributed by atoms with E-state index < -0.39 is 0 Å². The summed E-state index contributed by atoms with van der Waals surface area (Å²) in [4.78, 5) is 26.7. The lowest BCUT2D eigenvalue weighted by atomic mass is 10.1. The molecule has 2 N–H and O–H groups in total. The van der Waals surface area contributed by atoms with Crippen molar-refractivity contribution >= 4 is 22.8 Å². The van der Waals surface area contributed by atoms with Crippen LogP contribution in [0.4, 0.5) is 5.82 Å². The van der Waals surface area contributed by atoms with E-state index in [2.05, 4.69) is 25.3 Å². The van der Waals surface area contributed by atoms with Crippen molar-refractivity contribution < 1.29 is 4.79 Å². The molecule has 6 nitrogen and oxygen atoms in total. The van der Waals surface area contributed by atoms with Crippen LogP contribution in [0.5, 0.6) is 0 Å². The van der Waals surface area contributed by atoms with Crippen LogP contribution in [0.2, 0.25) is 0 Å². The number of hydrogen-bond donors (Lipinski definition) is 2. The van der Waals surface area contributed by atoms with Gasteiger partial charge in [0.15, 0.2) is 17.2 Å². The second kappa shape index (κ2) is 5.08. The molecule has 20 heavy (non-hydrogen) atoms. The van der Waals surface area contributed by atoms with Gasteiger partial charge in [-0.3, -0.25) is 4.79 Å². The van der Waals surface area contributed by atoms with Crippen molar-refractivity contribution in [3.05, 3.63) is 48.0 Å². The fraction of sp³-hybridized carbons (Fsp3) is 0.143. The Kier molecular flexibility index (Phi) is 3.12. The van der Waals surface area contributed by atoms with Crippen LogP contribution in [0.3, 0.4) is 0 Å². The highest BCUT2D eigenvalue weighted by Gasteiger charge is 2.06. The zero-order chi connectivity index (χ0) is 13.9. The second-order valence-corrected chi connectivity index (χ2v) is 4.43. The summed E-state index contributed by atoms with van der Waals surface area (Å²) in [7, 11) is 0. The lowest BCUT2D eigenvalue weighted by Gasteiger charge is -2.07. The van der Waals surface area contributed by atoms with Crippen molar-refractivity contribution in [3.63, 3.8) is 0 Å². The molecule has 0 atom stereocenters. The average Bonchev–Trinajstić information content (AvgIpc) is 2.94. The third-order valence-corrected chi connectivity index (χ3v) is 3.02. The molecule has 0 fully saturated rings. The van der Waals surface area contributed by atoms with Gasteiger partial charge in [0.1, 0.15) is 11.8 Å². The van der Waals surface area contributed by atoms with Crippen LogP contribution >= 0.6 is 0 Å². The van der Waals surface area contributed by atoms with Crippen LogP contribution in [0, 0.1) is 0 Å². The van der Waals surface area contributed by atoms with Crippen molar-refractivity contribution in [2.24, 2.45) is 0 Å². The van der Waals surface area contributed by atoms with Crippen LogP contribution in [0.25, 0.3) is 11.2 Å². The molecule has 2 aromatic heterocycles. The Morgan fingerprint density at radius 1 is 1.30 bits per heavy atom. The number of aromatic amines is 1. The molecule has 0 aliphatic heterocycles. The van der Waals surface area contributed by atoms with E-state index in [-0.39, 0.29) is 5.78 Å². The number of aromatic nitrogens is 4. The van der Waals surface area contributed by atoms with Crippen molar-refractivity contribution in [2.75, 3.05) is 5.32 Å². The number of fused-ring (bicyclic) bond motifs is 1. The van der Waals surface area contributed by atoms with Gasteiger partial charge in [-0.2, -0.15) is 0 Å². The zero-order valence-corrected chi connectivity index (χ0v) is 10.9. The van der Waals surface area contributed by atoms with Gasteiger partial charge in [0.2, 0.25) is 0 Å². The molecule has 2 heterocycles. The minimum Gasteiger partial charge on any atom is -0.364 e. The first-order chi connectivity index (χ1) is 9.74. The van der Waals surface area contributed by atoms with E-state index >= 15 is 0 Å². The fourth-order valence-electron chi connectivity index (χ4n) is 1.99. The first-order valence-corrected chi connectivity index (χ1v) is 6.22. The highest BCUT2D eigenvalue weighted by Crippen LogP contribution is 2.15. The van der Waals surface area contributed by atoms with Crippen LogP contribution in [-0.4, -0.2) is 25.7 Å². The number of anilines is 1. The van der Waals surface area contributed by atoms with E-state index in [0.29, 0.717) is 23.6 Å². The average molecular weight is 267 g/mol. The quantitative estimate of drug-likeness (QED) is 0.708. The summed E-state index contributed by atoms with van der Waals surface area (Å²) in [5, 5.41) is 3.22. The Bertz CT molecular complexity index is 765. The summed E-state index contributed by atoms with van der Waals surface area (Å²) in [6, 6.07) is 7.52. The molecule has 0 saturated heterocycles. The molecule has 0 aliphatic rings. The number of carbonyl (C=O) groups excluding carboxylic acids is 1. The summed E-state index contributed by atoms with van der Waals surface area (Å²) in [6.07, 6.45) is 3.05. The Morgan fingerprint density at radius 3 is 3.05 bits per heavy atom. The molecule has 0 aliphatic carbocycles. The second-order valence-electron chi connectivity index (χ2n) is 4.43. The molecular weight excluding hydrogens is 254 g/mol. The molecule has 0 radical (unpaired) electrons. The van der Waals surface area contributed by atoms with E-state index in [1.165, 1.54) is 6.33 Å². The summed E-state index contributed by atoms with van der Waals surface area (Å²) in [5.74, 6) is 0.755. The summed E-state index contributed by atoms with van der Waals surface area (Å²) in [6.45, 7) is 2.14. The van der Waals surface area contributed by atoms with Gasteiger partial charge in [-0.05, 0) is 18.6 Å². The molecule has 3 rings (SSSR count). The van der Waals surface area contributed by atoms with Crippen LogP contribution < -0.4 is 5.32 Å². The molecule has 0 bridgehead atoms. The molecule has 100 valence electrons. The van der Waals surface area contributed by atoms with Gasteiger partial charge in [0.05, 0.1) is 6.33 Å². The topological polar surface area (TPSA) is 83.6 Å². The number of rotatable bonds is 4. The summed E-state index contributed by atoms with van der Waals surface area (Å²) >= 11 is 0. The molecule has 0 spiro atoms. The highest BCUT2D eigenvalue weighted by atomic mass is 16.1. The largest absolute Gasteiger partial charge is 0.364 e. The van der Waals surface area contributed by atoms with Crippen LogP contribution in [-0.2, 0) is 6.54 Å². The van der Waals surface area contributed by atoms with E-state index in [1.54, 1.807) is 13.3 Å². The maximum atomic E-state index is 11.4. The van der Waals surface area contributed by atoms with Gasteiger partial charge in [-0.25, -0.2) is 15.0 Å². The third-order valence-electron chi connectivity index (χ3n) is 3.02. The molecule has 3 aromatic rings. The molecule has 0 unspecified atom stereocenters. The number of Topliss-reactive ketones (excluding diaryl/α,β-unsaturated/α-hetero) is 1. The van der Waals surface area contributed by atoms with E-state index in [4.69, 9.17) is 0 Å². The normalized spacial score (nSPS) is 10.7. The van der Waals surface area contributed by atoms with Crippen molar-refractivity contribution in [1.29, 1.82) is 0 Å². The Hall–Kier alpha value is -2.76. The number of nitrogens with zero attached hydrogens (tertiary/aromatic N) is 3. The van der Waals surface area contributed by atoms with Crippen molar-refractivity contribution in [2.45, 2.75) is 13.5 Å². The minimum absolute atomic E-state index is 0.0600. The maximum absolute atomic E-state index is 11.4. The van der Waals surface area contributed by atoms with Crippen LogP contribution in [0.1, 0.15) is 22.8 Å². The van der Waals surface area contributed by atoms with Gasteiger partial charge in [-0.1, -0.05) is 18.2 Å². The number of imidazole rings is 1. The fourth-order valence-corrected chi connectivity index (χ4v) is 1.99. The maximum Gasteiger partial charge on any atom is 0.182 e. The number of ketones is 1. The van der Waals surface area contributed by atoms with Gasteiger partial charge in [0, 0.05) is 12.1 Å². The zero-order valence-electron chi connectivity index (χ0n) is 10.9. The number of hydrogen-bond acceptors (Lipinski definition) is 5. The Morgan fingerprint density at radius 2 is 2.20 bits per heavy atom. The smallest absolute Gasteiger partial charge is 0.182 e. The first-order valence-electron chi connectivity index (χ1n) is 6.22. The number of nitrogens with one attached hydrogen (secondary N) is 2. The van der Waals surface area contributed by atoms with Gasteiger partial charge in [-0.15, -0.1) is 0 Å². The van der Waals surface area contributed by atoms with E-state index in [1.807, 2.05) is 24.3 Å². The molecule has 0 saturated carbocycles. The van der Waals surface area contributed by atoms with E-state index in [0.717, 1.165) is 11.1 Å².